The first-order chi connectivity index (χ1) is 11.1. The summed E-state index contributed by atoms with van der Waals surface area (Å²) in [5, 5.41) is 14.1. The first-order valence-electron chi connectivity index (χ1n) is 7.03. The molecule has 1 aromatic heterocycles. The number of nitro benzene ring substituents is 1. The highest BCUT2D eigenvalue weighted by molar-refractivity contribution is 7.22. The lowest BCUT2D eigenvalue weighted by Crippen LogP contribution is -2.13. The third-order valence-electron chi connectivity index (χ3n) is 3.45. The Morgan fingerprint density at radius 2 is 2.04 bits per heavy atom. The molecule has 116 valence electrons. The molecule has 3 rings (SSSR count). The van der Waals surface area contributed by atoms with Crippen molar-refractivity contribution in [2.24, 2.45) is 0 Å². The predicted octanol–water partition coefficient (Wildman–Crippen LogP) is 4.02. The van der Waals surface area contributed by atoms with Crippen LogP contribution in [0.4, 0.5) is 10.8 Å². The summed E-state index contributed by atoms with van der Waals surface area (Å²) in [6, 6.07) is 11.7. The zero-order valence-corrected chi connectivity index (χ0v) is 13.1. The molecule has 0 aliphatic heterocycles. The molecule has 0 unspecified atom stereocenters. The zero-order valence-electron chi connectivity index (χ0n) is 12.3. The minimum Gasteiger partial charge on any atom is -0.298 e. The van der Waals surface area contributed by atoms with Gasteiger partial charge in [-0.1, -0.05) is 42.5 Å². The Labute approximate surface area is 135 Å². The number of hydrogen-bond acceptors (Lipinski definition) is 5. The van der Waals surface area contributed by atoms with Crippen molar-refractivity contribution < 1.29 is 9.72 Å². The van der Waals surface area contributed by atoms with Crippen LogP contribution in [0.1, 0.15) is 22.8 Å². The molecule has 0 fully saturated rings. The van der Waals surface area contributed by atoms with Crippen LogP contribution >= 0.6 is 11.3 Å². The molecule has 0 spiro atoms. The van der Waals surface area contributed by atoms with Crippen LogP contribution in [0.5, 0.6) is 0 Å². The van der Waals surface area contributed by atoms with Gasteiger partial charge in [-0.05, 0) is 24.1 Å². The molecule has 1 amide bonds. The first kappa shape index (κ1) is 15.1. The zero-order chi connectivity index (χ0) is 16.4. The van der Waals surface area contributed by atoms with Gasteiger partial charge in [0.05, 0.1) is 15.1 Å². The smallest absolute Gasteiger partial charge is 0.282 e. The van der Waals surface area contributed by atoms with Crippen molar-refractivity contribution in [3.8, 4) is 0 Å². The van der Waals surface area contributed by atoms with Crippen LogP contribution in [0.15, 0.2) is 42.5 Å². The van der Waals surface area contributed by atoms with Crippen molar-refractivity contribution in [2.45, 2.75) is 13.3 Å². The lowest BCUT2D eigenvalue weighted by Gasteiger charge is -2.02. The molecule has 0 aliphatic carbocycles. The number of thiazole rings is 1. The number of nitrogens with zero attached hydrogens (tertiary/aromatic N) is 2. The van der Waals surface area contributed by atoms with Gasteiger partial charge in [0.15, 0.2) is 5.13 Å². The number of fused-ring (bicyclic) bond motifs is 1. The Morgan fingerprint density at radius 1 is 1.26 bits per heavy atom. The molecule has 6 nitrogen and oxygen atoms in total. The normalized spacial score (nSPS) is 10.7. The summed E-state index contributed by atoms with van der Waals surface area (Å²) in [4.78, 5) is 27.2. The van der Waals surface area contributed by atoms with E-state index in [-0.39, 0.29) is 11.3 Å². The largest absolute Gasteiger partial charge is 0.298 e. The predicted molar refractivity (Wildman–Crippen MR) is 90.0 cm³/mol. The molecule has 0 aliphatic rings. The summed E-state index contributed by atoms with van der Waals surface area (Å²) in [5.41, 5.74) is 1.76. The van der Waals surface area contributed by atoms with Gasteiger partial charge in [0, 0.05) is 6.07 Å². The number of aryl methyl sites for hydroxylation is 1. The molecule has 0 bridgehead atoms. The maximum absolute atomic E-state index is 12.3. The summed E-state index contributed by atoms with van der Waals surface area (Å²) in [6.07, 6.45) is 0.846. The average molecular weight is 327 g/mol. The van der Waals surface area contributed by atoms with E-state index >= 15 is 0 Å². The summed E-state index contributed by atoms with van der Waals surface area (Å²) in [6.45, 7) is 2.04. The topological polar surface area (TPSA) is 85.1 Å². The van der Waals surface area contributed by atoms with Gasteiger partial charge in [-0.25, -0.2) is 4.98 Å². The maximum Gasteiger partial charge on any atom is 0.282 e. The van der Waals surface area contributed by atoms with Gasteiger partial charge < -0.3 is 0 Å². The molecule has 23 heavy (non-hydrogen) atoms. The van der Waals surface area contributed by atoms with Crippen LogP contribution in [0.2, 0.25) is 0 Å². The number of para-hydroxylation sites is 2. The van der Waals surface area contributed by atoms with Crippen molar-refractivity contribution in [1.82, 2.24) is 4.98 Å². The quantitative estimate of drug-likeness (QED) is 0.579. The monoisotopic (exact) mass is 327 g/mol. The highest BCUT2D eigenvalue weighted by Gasteiger charge is 2.20. The van der Waals surface area contributed by atoms with E-state index in [1.807, 2.05) is 25.1 Å². The van der Waals surface area contributed by atoms with Gasteiger partial charge in [-0.2, -0.15) is 0 Å². The number of carbonyl (C=O) groups excluding carboxylic acids is 1. The van der Waals surface area contributed by atoms with Gasteiger partial charge in [0.25, 0.3) is 11.6 Å². The molecule has 1 heterocycles. The van der Waals surface area contributed by atoms with E-state index in [0.717, 1.165) is 22.2 Å². The van der Waals surface area contributed by atoms with Crippen LogP contribution < -0.4 is 5.32 Å². The van der Waals surface area contributed by atoms with Crippen molar-refractivity contribution in [2.75, 3.05) is 5.32 Å². The second kappa shape index (κ2) is 6.13. The van der Waals surface area contributed by atoms with Crippen LogP contribution in [-0.2, 0) is 6.42 Å². The fourth-order valence-corrected chi connectivity index (χ4v) is 3.24. The number of amides is 1. The highest BCUT2D eigenvalue weighted by atomic mass is 32.1. The van der Waals surface area contributed by atoms with Gasteiger partial charge in [0.1, 0.15) is 5.56 Å². The summed E-state index contributed by atoms with van der Waals surface area (Å²) >= 11 is 1.35. The van der Waals surface area contributed by atoms with Gasteiger partial charge >= 0.3 is 0 Å². The molecule has 0 radical (unpaired) electrons. The van der Waals surface area contributed by atoms with Crippen molar-refractivity contribution >= 4 is 38.3 Å². The number of anilines is 1. The van der Waals surface area contributed by atoms with E-state index < -0.39 is 10.8 Å². The number of nitro groups is 1. The number of benzene rings is 2. The molecule has 0 saturated carbocycles. The maximum atomic E-state index is 12.3. The van der Waals surface area contributed by atoms with E-state index in [4.69, 9.17) is 0 Å². The Bertz CT molecular complexity index is 904. The van der Waals surface area contributed by atoms with E-state index in [9.17, 15) is 14.9 Å². The van der Waals surface area contributed by atoms with E-state index in [1.54, 1.807) is 6.07 Å². The highest BCUT2D eigenvalue weighted by Crippen LogP contribution is 2.29. The number of hydrogen-bond donors (Lipinski definition) is 1. The molecule has 0 saturated heterocycles. The number of nitrogens with one attached hydrogen (secondary N) is 1. The van der Waals surface area contributed by atoms with Crippen molar-refractivity contribution in [1.29, 1.82) is 0 Å². The minimum absolute atomic E-state index is 0.0208. The van der Waals surface area contributed by atoms with Crippen LogP contribution in [0, 0.1) is 10.1 Å². The fraction of sp³-hybridized carbons (Fsp3) is 0.125. The Morgan fingerprint density at radius 3 is 2.78 bits per heavy atom. The summed E-state index contributed by atoms with van der Waals surface area (Å²) < 4.78 is 0.974. The second-order valence-corrected chi connectivity index (χ2v) is 5.90. The fourth-order valence-electron chi connectivity index (χ4n) is 2.33. The van der Waals surface area contributed by atoms with E-state index in [0.29, 0.717) is 5.13 Å². The van der Waals surface area contributed by atoms with Crippen LogP contribution in [0.3, 0.4) is 0 Å². The third-order valence-corrected chi connectivity index (χ3v) is 4.39. The first-order valence-corrected chi connectivity index (χ1v) is 7.85. The third kappa shape index (κ3) is 2.91. The molecule has 2 aromatic carbocycles. The Kier molecular flexibility index (Phi) is 4.03. The number of rotatable bonds is 4. The molecule has 1 N–H and O–H groups in total. The van der Waals surface area contributed by atoms with Crippen molar-refractivity contribution in [3.63, 3.8) is 0 Å². The van der Waals surface area contributed by atoms with Crippen LogP contribution in [0.25, 0.3) is 10.2 Å². The molecule has 0 atom stereocenters. The van der Waals surface area contributed by atoms with Crippen LogP contribution in [-0.4, -0.2) is 15.8 Å². The van der Waals surface area contributed by atoms with Gasteiger partial charge in [-0.15, -0.1) is 0 Å². The van der Waals surface area contributed by atoms with E-state index in [2.05, 4.69) is 10.3 Å². The SMILES string of the molecule is CCc1cccc2sc(NC(=O)c3ccccc3[N+](=O)[O-])nc12. The minimum atomic E-state index is -0.567. The van der Waals surface area contributed by atoms with Gasteiger partial charge in [0.2, 0.25) is 0 Å². The molecular formula is C16H13N3O3S. The molecule has 7 heteroatoms. The molecule has 3 aromatic rings. The number of carbonyl (C=O) groups is 1. The Balaban J connectivity index is 1.93. The number of aromatic nitrogens is 1. The lowest BCUT2D eigenvalue weighted by molar-refractivity contribution is -0.385. The lowest BCUT2D eigenvalue weighted by atomic mass is 10.1. The van der Waals surface area contributed by atoms with Gasteiger partial charge in [-0.3, -0.25) is 20.2 Å². The Hall–Kier alpha value is -2.80. The average Bonchev–Trinajstić information content (AvgIpc) is 2.96. The second-order valence-electron chi connectivity index (χ2n) is 4.86. The summed E-state index contributed by atoms with van der Waals surface area (Å²) in [5.74, 6) is -0.533. The molecular weight excluding hydrogens is 314 g/mol. The standard InChI is InChI=1S/C16H13N3O3S/c1-2-10-6-5-9-13-14(10)17-16(23-13)18-15(20)11-7-3-4-8-12(11)19(21)22/h3-9H,2H2,1H3,(H,17,18,20). The summed E-state index contributed by atoms with van der Waals surface area (Å²) in [7, 11) is 0. The van der Waals surface area contributed by atoms with E-state index in [1.165, 1.54) is 29.5 Å². The van der Waals surface area contributed by atoms with Crippen molar-refractivity contribution in [3.05, 3.63) is 63.7 Å².